The molecule has 0 amide bonds. The molecule has 0 aliphatic carbocycles. The number of aromatic nitrogens is 2. The summed E-state index contributed by atoms with van der Waals surface area (Å²) in [6.07, 6.45) is 5.39. The van der Waals surface area contributed by atoms with Crippen molar-refractivity contribution in [2.45, 2.75) is 19.9 Å². The summed E-state index contributed by atoms with van der Waals surface area (Å²) in [6, 6.07) is 2.15. The Balaban J connectivity index is 2.37. The van der Waals surface area contributed by atoms with E-state index in [1.54, 1.807) is 12.5 Å². The summed E-state index contributed by atoms with van der Waals surface area (Å²) < 4.78 is 7.03. The van der Waals surface area contributed by atoms with Crippen molar-refractivity contribution in [2.75, 3.05) is 6.54 Å². The van der Waals surface area contributed by atoms with Crippen LogP contribution in [-0.4, -0.2) is 16.3 Å². The predicted octanol–water partition coefficient (Wildman–Crippen LogP) is 2.02. The third-order valence-corrected chi connectivity index (χ3v) is 2.87. The lowest BCUT2D eigenvalue weighted by Gasteiger charge is -2.15. The van der Waals surface area contributed by atoms with Crippen molar-refractivity contribution in [1.29, 1.82) is 0 Å². The Morgan fingerprint density at radius 2 is 2.38 bits per heavy atom. The summed E-state index contributed by atoms with van der Waals surface area (Å²) in [4.78, 5) is 0. The van der Waals surface area contributed by atoms with E-state index in [1.165, 1.54) is 11.3 Å². The van der Waals surface area contributed by atoms with E-state index in [0.29, 0.717) is 0 Å². The van der Waals surface area contributed by atoms with Crippen LogP contribution < -0.4 is 5.32 Å². The summed E-state index contributed by atoms with van der Waals surface area (Å²) >= 11 is 0. The lowest BCUT2D eigenvalue weighted by molar-refractivity contribution is 0.552. The molecule has 0 aliphatic rings. The SMILES string of the molecule is CCNC(c1ccoc1)c1cnn(C)c1C. The molecule has 0 saturated heterocycles. The summed E-state index contributed by atoms with van der Waals surface area (Å²) in [5.74, 6) is 0. The Morgan fingerprint density at radius 3 is 2.88 bits per heavy atom. The van der Waals surface area contributed by atoms with Gasteiger partial charge in [-0.1, -0.05) is 6.92 Å². The van der Waals surface area contributed by atoms with Crippen LogP contribution in [0.1, 0.15) is 29.8 Å². The largest absolute Gasteiger partial charge is 0.472 e. The highest BCUT2D eigenvalue weighted by molar-refractivity contribution is 5.30. The smallest absolute Gasteiger partial charge is 0.0953 e. The Morgan fingerprint density at radius 1 is 1.56 bits per heavy atom. The van der Waals surface area contributed by atoms with Crippen molar-refractivity contribution in [3.05, 3.63) is 41.6 Å². The highest BCUT2D eigenvalue weighted by atomic mass is 16.3. The Labute approximate surface area is 95.3 Å². The quantitative estimate of drug-likeness (QED) is 0.855. The molecule has 2 aromatic rings. The summed E-state index contributed by atoms with van der Waals surface area (Å²) in [5, 5.41) is 7.72. The van der Waals surface area contributed by atoms with Crippen LogP contribution >= 0.6 is 0 Å². The zero-order valence-electron chi connectivity index (χ0n) is 9.90. The molecule has 1 atom stereocenters. The maximum atomic E-state index is 5.14. The molecule has 1 N–H and O–H groups in total. The van der Waals surface area contributed by atoms with Gasteiger partial charge in [0.25, 0.3) is 0 Å². The molecule has 4 heteroatoms. The van der Waals surface area contributed by atoms with E-state index in [1.807, 2.05) is 24.0 Å². The van der Waals surface area contributed by atoms with Gasteiger partial charge < -0.3 is 9.73 Å². The van der Waals surface area contributed by atoms with Crippen LogP contribution in [0.5, 0.6) is 0 Å². The highest BCUT2D eigenvalue weighted by Gasteiger charge is 2.18. The van der Waals surface area contributed by atoms with Gasteiger partial charge in [0.05, 0.1) is 24.8 Å². The molecule has 0 spiro atoms. The van der Waals surface area contributed by atoms with Crippen LogP contribution in [0, 0.1) is 6.92 Å². The van der Waals surface area contributed by atoms with Crippen LogP contribution in [-0.2, 0) is 7.05 Å². The normalized spacial score (nSPS) is 12.9. The van der Waals surface area contributed by atoms with E-state index >= 15 is 0 Å². The van der Waals surface area contributed by atoms with Crippen molar-refractivity contribution in [3.63, 3.8) is 0 Å². The summed E-state index contributed by atoms with van der Waals surface area (Å²) in [5.41, 5.74) is 3.51. The molecule has 0 aliphatic heterocycles. The van der Waals surface area contributed by atoms with Gasteiger partial charge in [0, 0.05) is 23.9 Å². The predicted molar refractivity (Wildman–Crippen MR) is 62.2 cm³/mol. The first kappa shape index (κ1) is 11.0. The van der Waals surface area contributed by atoms with E-state index in [9.17, 15) is 0 Å². The monoisotopic (exact) mass is 219 g/mol. The Kier molecular flexibility index (Phi) is 3.10. The fourth-order valence-electron chi connectivity index (χ4n) is 1.85. The maximum Gasteiger partial charge on any atom is 0.0953 e. The minimum absolute atomic E-state index is 0.164. The fraction of sp³-hybridized carbons (Fsp3) is 0.417. The second-order valence-corrected chi connectivity index (χ2v) is 3.86. The van der Waals surface area contributed by atoms with Gasteiger partial charge in [-0.2, -0.15) is 5.10 Å². The first-order valence-electron chi connectivity index (χ1n) is 5.48. The molecule has 0 aromatic carbocycles. The average Bonchev–Trinajstić information content (AvgIpc) is 2.89. The zero-order chi connectivity index (χ0) is 11.5. The lowest BCUT2D eigenvalue weighted by atomic mass is 10.0. The van der Waals surface area contributed by atoms with Gasteiger partial charge in [0.1, 0.15) is 0 Å². The van der Waals surface area contributed by atoms with Gasteiger partial charge >= 0.3 is 0 Å². The van der Waals surface area contributed by atoms with Gasteiger partial charge in [-0.15, -0.1) is 0 Å². The second-order valence-electron chi connectivity index (χ2n) is 3.86. The minimum atomic E-state index is 0.164. The van der Waals surface area contributed by atoms with Crippen LogP contribution in [0.3, 0.4) is 0 Å². The first-order chi connectivity index (χ1) is 7.74. The fourth-order valence-corrected chi connectivity index (χ4v) is 1.85. The van der Waals surface area contributed by atoms with E-state index in [0.717, 1.165) is 12.1 Å². The van der Waals surface area contributed by atoms with Crippen molar-refractivity contribution in [3.8, 4) is 0 Å². The van der Waals surface area contributed by atoms with Gasteiger partial charge in [-0.25, -0.2) is 0 Å². The molecule has 2 rings (SSSR count). The first-order valence-corrected chi connectivity index (χ1v) is 5.48. The van der Waals surface area contributed by atoms with Gasteiger partial charge in [0.15, 0.2) is 0 Å². The number of hydrogen-bond donors (Lipinski definition) is 1. The van der Waals surface area contributed by atoms with Gasteiger partial charge in [0.2, 0.25) is 0 Å². The van der Waals surface area contributed by atoms with Crippen molar-refractivity contribution in [2.24, 2.45) is 7.05 Å². The molecule has 2 aromatic heterocycles. The molecule has 0 bridgehead atoms. The van der Waals surface area contributed by atoms with E-state index in [4.69, 9.17) is 4.42 Å². The lowest BCUT2D eigenvalue weighted by Crippen LogP contribution is -2.22. The average molecular weight is 219 g/mol. The van der Waals surface area contributed by atoms with Crippen LogP contribution in [0.25, 0.3) is 0 Å². The number of hydrogen-bond acceptors (Lipinski definition) is 3. The molecule has 86 valence electrons. The molecule has 0 radical (unpaired) electrons. The molecule has 16 heavy (non-hydrogen) atoms. The van der Waals surface area contributed by atoms with Gasteiger partial charge in [-0.3, -0.25) is 4.68 Å². The maximum absolute atomic E-state index is 5.14. The molecular weight excluding hydrogens is 202 g/mol. The van der Waals surface area contributed by atoms with Crippen LogP contribution in [0.2, 0.25) is 0 Å². The topological polar surface area (TPSA) is 43.0 Å². The zero-order valence-corrected chi connectivity index (χ0v) is 9.90. The number of furan rings is 1. The Bertz CT molecular complexity index is 445. The van der Waals surface area contributed by atoms with Crippen molar-refractivity contribution < 1.29 is 4.42 Å². The molecule has 1 unspecified atom stereocenters. The molecular formula is C12H17N3O. The molecule has 0 fully saturated rings. The summed E-state index contributed by atoms with van der Waals surface area (Å²) in [6.45, 7) is 5.08. The van der Waals surface area contributed by atoms with E-state index < -0.39 is 0 Å². The van der Waals surface area contributed by atoms with Crippen LogP contribution in [0.4, 0.5) is 0 Å². The molecule has 0 saturated carbocycles. The van der Waals surface area contributed by atoms with Crippen molar-refractivity contribution in [1.82, 2.24) is 15.1 Å². The Hall–Kier alpha value is -1.55. The summed E-state index contributed by atoms with van der Waals surface area (Å²) in [7, 11) is 1.96. The number of nitrogens with zero attached hydrogens (tertiary/aromatic N) is 2. The third-order valence-electron chi connectivity index (χ3n) is 2.87. The number of nitrogens with one attached hydrogen (secondary N) is 1. The number of aryl methyl sites for hydroxylation is 1. The van der Waals surface area contributed by atoms with Crippen molar-refractivity contribution >= 4 is 0 Å². The molecule has 4 nitrogen and oxygen atoms in total. The standard InChI is InChI=1S/C12H17N3O/c1-4-13-12(10-5-6-16-8-10)11-7-14-15(3)9(11)2/h5-8,12-13H,4H2,1-3H3. The van der Waals surface area contributed by atoms with Gasteiger partial charge in [-0.05, 0) is 19.5 Å². The van der Waals surface area contributed by atoms with Crippen LogP contribution in [0.15, 0.2) is 29.2 Å². The van der Waals surface area contributed by atoms with E-state index in [-0.39, 0.29) is 6.04 Å². The van der Waals surface area contributed by atoms with E-state index in [2.05, 4.69) is 24.3 Å². The number of rotatable bonds is 4. The highest BCUT2D eigenvalue weighted by Crippen LogP contribution is 2.24. The third kappa shape index (κ3) is 1.88. The minimum Gasteiger partial charge on any atom is -0.472 e. The molecule has 2 heterocycles. The second kappa shape index (κ2) is 4.53.